The van der Waals surface area contributed by atoms with Crippen LogP contribution in [0, 0.1) is 25.2 Å². The number of piperazine rings is 1. The highest BCUT2D eigenvalue weighted by molar-refractivity contribution is 8.27. The third kappa shape index (κ3) is 4.73. The van der Waals surface area contributed by atoms with Gasteiger partial charge in [0.1, 0.15) is 23.1 Å². The Morgan fingerprint density at radius 1 is 1.02 bits per heavy atom. The second kappa shape index (κ2) is 11.2. The van der Waals surface area contributed by atoms with Crippen LogP contribution in [0.5, 0.6) is 0 Å². The summed E-state index contributed by atoms with van der Waals surface area (Å²) in [6, 6.07) is 11.3. The van der Waals surface area contributed by atoms with Crippen LogP contribution in [0.2, 0.25) is 0 Å². The highest BCUT2D eigenvalue weighted by Gasteiger charge is 2.38. The number of nitrogens with zero attached hydrogens (tertiary/aromatic N) is 7. The smallest absolute Gasteiger partial charge is 0.296 e. The zero-order valence-corrected chi connectivity index (χ0v) is 25.3. The van der Waals surface area contributed by atoms with Crippen LogP contribution in [-0.2, 0) is 18.9 Å². The van der Waals surface area contributed by atoms with Gasteiger partial charge in [0.15, 0.2) is 4.32 Å². The van der Waals surface area contributed by atoms with E-state index in [1.807, 2.05) is 36.4 Å². The molecule has 0 atom stereocenters. The van der Waals surface area contributed by atoms with Crippen LogP contribution in [0.3, 0.4) is 0 Å². The summed E-state index contributed by atoms with van der Waals surface area (Å²) in [6.45, 7) is 9.67. The van der Waals surface area contributed by atoms with Gasteiger partial charge in [-0.25, -0.2) is 4.68 Å². The van der Waals surface area contributed by atoms with Gasteiger partial charge in [-0.1, -0.05) is 49.1 Å². The summed E-state index contributed by atoms with van der Waals surface area (Å²) in [5, 5.41) is 9.80. The molecule has 5 rings (SSSR count). The molecule has 3 aromatic rings. The van der Waals surface area contributed by atoms with Crippen molar-refractivity contribution in [3.8, 4) is 11.8 Å². The van der Waals surface area contributed by atoms with Crippen molar-refractivity contribution in [3.63, 3.8) is 0 Å². The first kappa shape index (κ1) is 28.6. The molecule has 2 aliphatic rings. The van der Waals surface area contributed by atoms with Gasteiger partial charge in [-0.2, -0.15) is 5.26 Å². The molecule has 0 radical (unpaired) electrons. The van der Waals surface area contributed by atoms with E-state index in [0.29, 0.717) is 46.3 Å². The van der Waals surface area contributed by atoms with Crippen molar-refractivity contribution < 1.29 is 4.79 Å². The Morgan fingerprint density at radius 2 is 1.68 bits per heavy atom. The lowest BCUT2D eigenvalue weighted by Gasteiger charge is -2.37. The van der Waals surface area contributed by atoms with Crippen molar-refractivity contribution in [1.82, 2.24) is 18.8 Å². The van der Waals surface area contributed by atoms with Crippen molar-refractivity contribution >= 4 is 51.8 Å². The number of likely N-dealkylation sites (N-methyl/N-ethyl adjacent to an activating group) is 1. The molecule has 0 saturated carbocycles. The van der Waals surface area contributed by atoms with E-state index < -0.39 is 5.91 Å². The maximum Gasteiger partial charge on any atom is 0.296 e. The van der Waals surface area contributed by atoms with Gasteiger partial charge in [-0.05, 0) is 44.2 Å². The number of thioether (sulfide) groups is 1. The molecule has 2 fully saturated rings. The van der Waals surface area contributed by atoms with E-state index in [2.05, 4.69) is 16.7 Å². The number of nitriles is 1. The summed E-state index contributed by atoms with van der Waals surface area (Å²) in [4.78, 5) is 46.8. The van der Waals surface area contributed by atoms with E-state index in [9.17, 15) is 19.6 Å². The van der Waals surface area contributed by atoms with Crippen LogP contribution in [-0.4, -0.2) is 61.8 Å². The zero-order valence-electron chi connectivity index (χ0n) is 23.7. The summed E-state index contributed by atoms with van der Waals surface area (Å²) in [5.41, 5.74) is 1.92. The SMILES string of the molecule is CCN1CCN(c2c(/C=C3/SC(=S)N(c4c(C)n(C)n(-c5ccccc5)c4=O)C3=O)c(C)c(C#N)c(=O)n2C)CC1. The Labute approximate surface area is 247 Å². The molecule has 212 valence electrons. The first-order valence-electron chi connectivity index (χ1n) is 13.3. The Kier molecular flexibility index (Phi) is 7.78. The summed E-state index contributed by atoms with van der Waals surface area (Å²) in [5.74, 6) is 0.245. The topological polar surface area (TPSA) is 99.5 Å². The second-order valence-electron chi connectivity index (χ2n) is 10.1. The number of pyridine rings is 1. The molecule has 1 amide bonds. The van der Waals surface area contributed by atoms with E-state index in [0.717, 1.165) is 31.4 Å². The Bertz CT molecular complexity index is 1750. The standard InChI is InChI=1S/C29H31N7O3S2/c1-6-33-12-14-34(15-13-33)25-21(18(2)22(17-30)26(37)31(25)4)16-23-27(38)35(29(40)41-23)24-19(3)32(5)36(28(24)39)20-10-8-7-9-11-20/h7-11,16H,6,12-15H2,1-5H3/b23-16+. The van der Waals surface area contributed by atoms with Gasteiger partial charge >= 0.3 is 0 Å². The van der Waals surface area contributed by atoms with Gasteiger partial charge in [0, 0.05) is 45.8 Å². The second-order valence-corrected chi connectivity index (χ2v) is 11.7. The highest BCUT2D eigenvalue weighted by atomic mass is 32.2. The van der Waals surface area contributed by atoms with E-state index >= 15 is 0 Å². The highest BCUT2D eigenvalue weighted by Crippen LogP contribution is 2.38. The van der Waals surface area contributed by atoms with Crippen LogP contribution >= 0.6 is 24.0 Å². The molecule has 1 aromatic carbocycles. The van der Waals surface area contributed by atoms with Crippen molar-refractivity contribution in [1.29, 1.82) is 5.26 Å². The van der Waals surface area contributed by atoms with E-state index in [4.69, 9.17) is 12.2 Å². The molecule has 0 aliphatic carbocycles. The van der Waals surface area contributed by atoms with E-state index in [1.165, 1.54) is 14.1 Å². The van der Waals surface area contributed by atoms with Crippen molar-refractivity contribution in [2.24, 2.45) is 14.1 Å². The van der Waals surface area contributed by atoms with E-state index in [-0.39, 0.29) is 26.7 Å². The molecule has 0 unspecified atom stereocenters. The molecular formula is C29H31N7O3S2. The number of benzene rings is 1. The first-order chi connectivity index (χ1) is 19.6. The minimum Gasteiger partial charge on any atom is -0.355 e. The maximum absolute atomic E-state index is 13.9. The summed E-state index contributed by atoms with van der Waals surface area (Å²) in [7, 11) is 3.43. The van der Waals surface area contributed by atoms with Gasteiger partial charge in [0.05, 0.1) is 16.3 Å². The number of para-hydroxylation sites is 1. The minimum absolute atomic E-state index is 0.0369. The first-order valence-corrected chi connectivity index (χ1v) is 14.6. The van der Waals surface area contributed by atoms with Crippen molar-refractivity contribution in [3.05, 3.63) is 78.3 Å². The average molecular weight is 590 g/mol. The van der Waals surface area contributed by atoms with Gasteiger partial charge < -0.3 is 9.80 Å². The maximum atomic E-state index is 13.9. The van der Waals surface area contributed by atoms with Gasteiger partial charge in [0.2, 0.25) is 0 Å². The summed E-state index contributed by atoms with van der Waals surface area (Å²) in [6.07, 6.45) is 1.71. The molecule has 12 heteroatoms. The molecule has 10 nitrogen and oxygen atoms in total. The monoisotopic (exact) mass is 589 g/mol. The van der Waals surface area contributed by atoms with Crippen LogP contribution < -0.4 is 20.9 Å². The largest absolute Gasteiger partial charge is 0.355 e. The number of thiocarbonyl (C=S) groups is 1. The molecule has 2 aromatic heterocycles. The van der Waals surface area contributed by atoms with Crippen LogP contribution in [0.1, 0.15) is 29.3 Å². The molecule has 0 spiro atoms. The molecule has 4 heterocycles. The number of hydrogen-bond acceptors (Lipinski definition) is 8. The van der Waals surface area contributed by atoms with Crippen molar-refractivity contribution in [2.75, 3.05) is 42.5 Å². The lowest BCUT2D eigenvalue weighted by molar-refractivity contribution is -0.113. The lowest BCUT2D eigenvalue weighted by atomic mass is 10.0. The number of anilines is 2. The van der Waals surface area contributed by atoms with Crippen LogP contribution in [0.15, 0.2) is 44.8 Å². The number of hydrogen-bond donors (Lipinski definition) is 0. The molecule has 0 bridgehead atoms. The number of carbonyl (C=O) groups excluding carboxylic acids is 1. The number of carbonyl (C=O) groups is 1. The normalized spacial score (nSPS) is 17.1. The predicted octanol–water partition coefficient (Wildman–Crippen LogP) is 2.91. The average Bonchev–Trinajstić information content (AvgIpc) is 3.36. The van der Waals surface area contributed by atoms with Crippen LogP contribution in [0.25, 0.3) is 11.8 Å². The molecule has 2 aliphatic heterocycles. The summed E-state index contributed by atoms with van der Waals surface area (Å²) >= 11 is 6.75. The quantitative estimate of drug-likeness (QED) is 0.331. The fourth-order valence-electron chi connectivity index (χ4n) is 5.47. The van der Waals surface area contributed by atoms with Gasteiger partial charge in [0.25, 0.3) is 17.0 Å². The van der Waals surface area contributed by atoms with Gasteiger partial charge in [-0.3, -0.25) is 28.5 Å². The Morgan fingerprint density at radius 3 is 2.29 bits per heavy atom. The fourth-order valence-corrected chi connectivity index (χ4v) is 6.73. The Hall–Kier alpha value is -3.92. The molecule has 2 saturated heterocycles. The number of amides is 1. The molecule has 0 N–H and O–H groups in total. The fraction of sp³-hybridized carbons (Fsp3) is 0.345. The van der Waals surface area contributed by atoms with Crippen molar-refractivity contribution in [2.45, 2.75) is 20.8 Å². The predicted molar refractivity (Wildman–Crippen MR) is 167 cm³/mol. The minimum atomic E-state index is -0.417. The van der Waals surface area contributed by atoms with Gasteiger partial charge in [-0.15, -0.1) is 0 Å². The van der Waals surface area contributed by atoms with Crippen LogP contribution in [0.4, 0.5) is 11.5 Å². The third-order valence-electron chi connectivity index (χ3n) is 7.90. The number of rotatable bonds is 5. The lowest BCUT2D eigenvalue weighted by Crippen LogP contribution is -2.48. The molecule has 41 heavy (non-hydrogen) atoms. The zero-order chi connectivity index (χ0) is 29.6. The molecular weight excluding hydrogens is 558 g/mol. The third-order valence-corrected chi connectivity index (χ3v) is 9.21. The van der Waals surface area contributed by atoms with E-state index in [1.54, 1.807) is 38.7 Å². The summed E-state index contributed by atoms with van der Waals surface area (Å²) < 4.78 is 4.96. The Balaban J connectivity index is 1.62. The number of aromatic nitrogens is 3.